The number of rotatable bonds is 2. The van der Waals surface area contributed by atoms with Gasteiger partial charge in [0.05, 0.1) is 92.5 Å². The first-order chi connectivity index (χ1) is 23.7. The quantitative estimate of drug-likeness (QED) is 0.334. The number of Topliss-reactive ketones (excluding diaryl/α,β-unsaturated/α-hetero) is 1. The molecular weight excluding hydrogens is 620 g/mol. The summed E-state index contributed by atoms with van der Waals surface area (Å²) >= 11 is 0. The topological polar surface area (TPSA) is 120 Å². The zero-order valence-corrected chi connectivity index (χ0v) is 27.7. The van der Waals surface area contributed by atoms with Gasteiger partial charge in [-0.3, -0.25) is 4.79 Å². The van der Waals surface area contributed by atoms with Gasteiger partial charge in [0.25, 0.3) is 0 Å². The van der Waals surface area contributed by atoms with Gasteiger partial charge < -0.3 is 47.9 Å². The molecule has 0 amide bonds. The van der Waals surface area contributed by atoms with E-state index < -0.39 is 0 Å². The SMILES string of the molecule is O=C1C(=C2C=CC(=[N+]3CCOCCOCCOCCOCC3)C=C2)C([O-])=C1c1ccc(N2CCOCCOCCOCCOCC2)cc1. The lowest BCUT2D eigenvalue weighted by Crippen LogP contribution is -2.32. The van der Waals surface area contributed by atoms with E-state index in [1.54, 1.807) is 0 Å². The molecule has 1 aromatic rings. The normalized spacial score (nSPS) is 22.8. The Balaban J connectivity index is 1.22. The maximum Gasteiger partial charge on any atom is 0.200 e. The molecule has 48 heavy (non-hydrogen) atoms. The van der Waals surface area contributed by atoms with Gasteiger partial charge in [-0.15, -0.1) is 0 Å². The number of ketones is 1. The molecule has 4 aliphatic rings. The first kappa shape index (κ1) is 36.1. The predicted octanol–water partition coefficient (Wildman–Crippen LogP) is 1.18. The van der Waals surface area contributed by atoms with Crippen LogP contribution in [0, 0.1) is 0 Å². The molecule has 262 valence electrons. The fourth-order valence-corrected chi connectivity index (χ4v) is 5.56. The van der Waals surface area contributed by atoms with Crippen LogP contribution in [-0.4, -0.2) is 148 Å². The molecule has 0 radical (unpaired) electrons. The standard InChI is InChI=1S/C36H48N2O10/c39-35-33(29-1-5-31(6-2-29)37-9-13-41-17-21-45-25-26-46-22-18-42-14-10-37)36(40)34(35)30-3-7-32(8-4-30)38-11-15-43-19-23-47-27-28-48-24-20-44-16-12-38/h1-8H,9-28H2. The molecule has 2 fully saturated rings. The van der Waals surface area contributed by atoms with Crippen molar-refractivity contribution in [1.82, 2.24) is 0 Å². The number of carbonyl (C=O) groups is 1. The summed E-state index contributed by atoms with van der Waals surface area (Å²) in [5, 5.41) is 13.3. The smallest absolute Gasteiger partial charge is 0.200 e. The number of ether oxygens (including phenoxy) is 8. The highest BCUT2D eigenvalue weighted by Gasteiger charge is 2.30. The van der Waals surface area contributed by atoms with Gasteiger partial charge in [-0.25, -0.2) is 4.58 Å². The lowest BCUT2D eigenvalue weighted by molar-refractivity contribution is -0.532. The van der Waals surface area contributed by atoms with Crippen molar-refractivity contribution in [3.05, 3.63) is 71.0 Å². The lowest BCUT2D eigenvalue weighted by atomic mass is 9.80. The minimum atomic E-state index is -0.235. The zero-order chi connectivity index (χ0) is 33.2. The van der Waals surface area contributed by atoms with Gasteiger partial charge >= 0.3 is 0 Å². The number of anilines is 1. The van der Waals surface area contributed by atoms with Crippen molar-refractivity contribution in [3.63, 3.8) is 0 Å². The Morgan fingerprint density at radius 3 is 1.38 bits per heavy atom. The summed E-state index contributed by atoms with van der Waals surface area (Å²) in [7, 11) is 0. The van der Waals surface area contributed by atoms with Crippen LogP contribution in [0.2, 0.25) is 0 Å². The third kappa shape index (κ3) is 10.9. The van der Waals surface area contributed by atoms with Crippen LogP contribution in [0.3, 0.4) is 0 Å². The molecule has 5 rings (SSSR count). The molecular formula is C36H48N2O10. The first-order valence-electron chi connectivity index (χ1n) is 16.9. The largest absolute Gasteiger partial charge is 0.871 e. The van der Waals surface area contributed by atoms with Gasteiger partial charge in [0, 0.05) is 42.1 Å². The van der Waals surface area contributed by atoms with E-state index in [0.29, 0.717) is 143 Å². The lowest BCUT2D eigenvalue weighted by Gasteiger charge is -2.32. The first-order valence-corrected chi connectivity index (χ1v) is 16.9. The minimum Gasteiger partial charge on any atom is -0.871 e. The molecule has 2 heterocycles. The Morgan fingerprint density at radius 2 is 0.938 bits per heavy atom. The van der Waals surface area contributed by atoms with E-state index in [4.69, 9.17) is 37.9 Å². The van der Waals surface area contributed by atoms with Crippen molar-refractivity contribution in [3.8, 4) is 0 Å². The monoisotopic (exact) mass is 668 g/mol. The number of nitrogens with zero attached hydrogens (tertiary/aromatic N) is 2. The van der Waals surface area contributed by atoms with E-state index in [1.165, 1.54) is 0 Å². The summed E-state index contributed by atoms with van der Waals surface area (Å²) in [6, 6.07) is 7.55. The van der Waals surface area contributed by atoms with E-state index in [2.05, 4.69) is 9.48 Å². The van der Waals surface area contributed by atoms with Crippen molar-refractivity contribution in [1.29, 1.82) is 0 Å². The molecule has 1 aromatic carbocycles. The molecule has 2 aliphatic heterocycles. The average molecular weight is 669 g/mol. The number of benzene rings is 1. The van der Waals surface area contributed by atoms with Gasteiger partial charge in [0.15, 0.2) is 24.6 Å². The molecule has 12 nitrogen and oxygen atoms in total. The van der Waals surface area contributed by atoms with Crippen LogP contribution in [0.15, 0.2) is 65.5 Å². The number of hydrogen-bond donors (Lipinski definition) is 0. The van der Waals surface area contributed by atoms with Crippen LogP contribution in [0.5, 0.6) is 0 Å². The second-order valence-electron chi connectivity index (χ2n) is 11.4. The summed E-state index contributed by atoms with van der Waals surface area (Å²) in [5.74, 6) is -0.470. The molecule has 0 aromatic heterocycles. The Hall–Kier alpha value is -3.20. The molecule has 0 spiro atoms. The van der Waals surface area contributed by atoms with Crippen LogP contribution in [0.1, 0.15) is 5.56 Å². The number of hydrogen-bond acceptors (Lipinski definition) is 11. The summed E-state index contributed by atoms with van der Waals surface area (Å²) in [6.07, 6.45) is 7.55. The highest BCUT2D eigenvalue weighted by molar-refractivity contribution is 6.39. The number of carbonyl (C=O) groups excluding carboxylic acids is 1. The van der Waals surface area contributed by atoms with E-state index in [0.717, 1.165) is 11.4 Å². The minimum absolute atomic E-state index is 0.220. The van der Waals surface area contributed by atoms with Crippen molar-refractivity contribution >= 4 is 22.8 Å². The third-order valence-electron chi connectivity index (χ3n) is 8.20. The molecule has 0 atom stereocenters. The van der Waals surface area contributed by atoms with E-state index in [-0.39, 0.29) is 22.7 Å². The summed E-state index contributed by atoms with van der Waals surface area (Å²) < 4.78 is 47.2. The Kier molecular flexibility index (Phi) is 15.3. The molecule has 2 saturated heterocycles. The van der Waals surface area contributed by atoms with Crippen molar-refractivity contribution in [2.24, 2.45) is 0 Å². The van der Waals surface area contributed by atoms with Crippen LogP contribution < -0.4 is 10.0 Å². The second-order valence-corrected chi connectivity index (χ2v) is 11.4. The van der Waals surface area contributed by atoms with E-state index in [9.17, 15) is 9.90 Å². The van der Waals surface area contributed by atoms with E-state index >= 15 is 0 Å². The average Bonchev–Trinajstić information content (AvgIpc) is 3.12. The molecule has 0 N–H and O–H groups in total. The highest BCUT2D eigenvalue weighted by Crippen LogP contribution is 2.37. The van der Waals surface area contributed by atoms with Gasteiger partial charge in [0.1, 0.15) is 13.2 Å². The number of allylic oxidation sites excluding steroid dienone is 7. The summed E-state index contributed by atoms with van der Waals surface area (Å²) in [5.41, 5.74) is 3.60. The van der Waals surface area contributed by atoms with Gasteiger partial charge in [-0.05, 0) is 35.4 Å². The Labute approximate surface area is 282 Å². The van der Waals surface area contributed by atoms with Crippen molar-refractivity contribution in [2.75, 3.05) is 137 Å². The fourth-order valence-electron chi connectivity index (χ4n) is 5.56. The Bertz CT molecular complexity index is 1280. The summed E-state index contributed by atoms with van der Waals surface area (Å²) in [6.45, 7) is 11.1. The van der Waals surface area contributed by atoms with Crippen molar-refractivity contribution < 1.29 is 52.4 Å². The Morgan fingerprint density at radius 1 is 0.521 bits per heavy atom. The third-order valence-corrected chi connectivity index (χ3v) is 8.20. The van der Waals surface area contributed by atoms with Gasteiger partial charge in [0.2, 0.25) is 0 Å². The van der Waals surface area contributed by atoms with E-state index in [1.807, 2.05) is 48.6 Å². The maximum absolute atomic E-state index is 13.3. The molecule has 0 bridgehead atoms. The zero-order valence-electron chi connectivity index (χ0n) is 27.7. The predicted molar refractivity (Wildman–Crippen MR) is 177 cm³/mol. The van der Waals surface area contributed by atoms with Gasteiger partial charge in [-0.2, -0.15) is 0 Å². The molecule has 0 saturated carbocycles. The highest BCUT2D eigenvalue weighted by atomic mass is 16.6. The summed E-state index contributed by atoms with van der Waals surface area (Å²) in [4.78, 5) is 15.5. The van der Waals surface area contributed by atoms with Crippen LogP contribution >= 0.6 is 0 Å². The molecule has 0 unspecified atom stereocenters. The van der Waals surface area contributed by atoms with Crippen LogP contribution in [-0.2, 0) is 42.7 Å². The second kappa shape index (κ2) is 20.3. The fraction of sp³-hybridized carbons (Fsp3) is 0.556. The molecule has 12 heteroatoms. The van der Waals surface area contributed by atoms with Crippen LogP contribution in [0.25, 0.3) is 5.57 Å². The van der Waals surface area contributed by atoms with Crippen LogP contribution in [0.4, 0.5) is 5.69 Å². The maximum atomic E-state index is 13.3. The van der Waals surface area contributed by atoms with Gasteiger partial charge in [-0.1, -0.05) is 17.9 Å². The van der Waals surface area contributed by atoms with Crippen molar-refractivity contribution in [2.45, 2.75) is 0 Å². The molecule has 2 aliphatic carbocycles.